The molecule has 8 nitrogen and oxygen atoms in total. The molecule has 254 valence electrons. The molecule has 9 rings (SSSR count). The monoisotopic (exact) mass is 664 g/mol. The number of nitrogens with two attached hydrogens (primary N) is 1. The SMILES string of the molecule is C#Cc1cccc2cc(O)cc(-c3c(F)cc4c(N5CC6CCC(C5)N6)nc(OCC5(CN6C7CCC6CC(CN)C7)CC5)nc4c3F)c12. The zero-order valence-electron chi connectivity index (χ0n) is 27.6. The number of aromatic hydroxyl groups is 1. The first kappa shape index (κ1) is 31.0. The minimum Gasteiger partial charge on any atom is -0.508 e. The average Bonchev–Trinajstić information content (AvgIpc) is 3.74. The molecule has 5 aliphatic rings. The summed E-state index contributed by atoms with van der Waals surface area (Å²) in [6.45, 7) is 3.55. The number of nitrogens with zero attached hydrogens (tertiary/aromatic N) is 4. The first-order valence-corrected chi connectivity index (χ1v) is 17.8. The molecule has 4 N–H and O–H groups in total. The number of hydrogen-bond donors (Lipinski definition) is 3. The van der Waals surface area contributed by atoms with Gasteiger partial charge in [-0.2, -0.15) is 9.97 Å². The van der Waals surface area contributed by atoms with E-state index in [0.717, 1.165) is 38.8 Å². The molecule has 4 bridgehead atoms. The average molecular weight is 665 g/mol. The Balaban J connectivity index is 1.11. The molecule has 4 aromatic rings. The molecule has 0 amide bonds. The van der Waals surface area contributed by atoms with E-state index >= 15 is 8.78 Å². The number of fused-ring (bicyclic) bond motifs is 6. The van der Waals surface area contributed by atoms with Crippen LogP contribution in [-0.4, -0.2) is 76.9 Å². The van der Waals surface area contributed by atoms with Crippen molar-refractivity contribution in [3.8, 4) is 35.2 Å². The summed E-state index contributed by atoms with van der Waals surface area (Å²) in [6.07, 6.45) is 14.9. The van der Waals surface area contributed by atoms with Gasteiger partial charge in [-0.15, -0.1) is 6.42 Å². The van der Waals surface area contributed by atoms with Crippen molar-refractivity contribution in [2.75, 3.05) is 37.7 Å². The molecule has 5 fully saturated rings. The van der Waals surface area contributed by atoms with Crippen LogP contribution in [0.4, 0.5) is 14.6 Å². The Morgan fingerprint density at radius 1 is 1.04 bits per heavy atom. The van der Waals surface area contributed by atoms with E-state index in [1.54, 1.807) is 24.3 Å². The van der Waals surface area contributed by atoms with Gasteiger partial charge in [-0.25, -0.2) is 8.78 Å². The molecule has 1 saturated carbocycles. The van der Waals surface area contributed by atoms with Crippen LogP contribution >= 0.6 is 0 Å². The van der Waals surface area contributed by atoms with Gasteiger partial charge >= 0.3 is 6.01 Å². The number of piperazine rings is 1. The minimum atomic E-state index is -0.833. The van der Waals surface area contributed by atoms with Crippen molar-refractivity contribution in [3.63, 3.8) is 0 Å². The predicted octanol–water partition coefficient (Wildman–Crippen LogP) is 5.72. The Hall–Kier alpha value is -4.04. The smallest absolute Gasteiger partial charge is 0.319 e. The van der Waals surface area contributed by atoms with E-state index in [-0.39, 0.29) is 45.9 Å². The van der Waals surface area contributed by atoms with E-state index in [4.69, 9.17) is 21.9 Å². The molecule has 49 heavy (non-hydrogen) atoms. The molecular weight excluding hydrogens is 622 g/mol. The number of phenolic OH excluding ortho intramolecular Hbond substituents is 1. The van der Waals surface area contributed by atoms with E-state index in [2.05, 4.69) is 26.0 Å². The fourth-order valence-corrected chi connectivity index (χ4v) is 9.38. The third kappa shape index (κ3) is 5.38. The molecule has 4 unspecified atom stereocenters. The van der Waals surface area contributed by atoms with Crippen LogP contribution in [0, 0.1) is 35.3 Å². The Morgan fingerprint density at radius 2 is 1.80 bits per heavy atom. The number of benzene rings is 3. The molecule has 5 heterocycles. The van der Waals surface area contributed by atoms with Gasteiger partial charge in [0.1, 0.15) is 22.9 Å². The minimum absolute atomic E-state index is 0.0105. The molecule has 4 aliphatic heterocycles. The molecule has 4 saturated heterocycles. The van der Waals surface area contributed by atoms with E-state index in [1.807, 2.05) is 0 Å². The lowest BCUT2D eigenvalue weighted by Crippen LogP contribution is -2.51. The van der Waals surface area contributed by atoms with Crippen molar-refractivity contribution in [2.24, 2.45) is 17.1 Å². The maximum Gasteiger partial charge on any atom is 0.319 e. The molecule has 0 spiro atoms. The number of ether oxygens (including phenoxy) is 1. The Labute approximate surface area is 285 Å². The molecule has 1 aliphatic carbocycles. The summed E-state index contributed by atoms with van der Waals surface area (Å²) in [5, 5.41) is 15.6. The summed E-state index contributed by atoms with van der Waals surface area (Å²) >= 11 is 0. The van der Waals surface area contributed by atoms with Gasteiger partial charge in [0, 0.05) is 71.1 Å². The van der Waals surface area contributed by atoms with Crippen LogP contribution in [0.3, 0.4) is 0 Å². The van der Waals surface area contributed by atoms with E-state index < -0.39 is 11.6 Å². The van der Waals surface area contributed by atoms with Crippen molar-refractivity contribution in [3.05, 3.63) is 53.6 Å². The van der Waals surface area contributed by atoms with Gasteiger partial charge in [-0.05, 0) is 93.5 Å². The summed E-state index contributed by atoms with van der Waals surface area (Å²) in [4.78, 5) is 14.3. The lowest BCUT2D eigenvalue weighted by atomic mass is 9.89. The van der Waals surface area contributed by atoms with Crippen LogP contribution in [0.2, 0.25) is 0 Å². The number of anilines is 1. The van der Waals surface area contributed by atoms with Gasteiger partial charge in [0.05, 0.1) is 12.2 Å². The summed E-state index contributed by atoms with van der Waals surface area (Å²) in [6, 6.07) is 11.3. The number of nitrogens with one attached hydrogen (secondary N) is 1. The lowest BCUT2D eigenvalue weighted by molar-refractivity contribution is 0.0671. The van der Waals surface area contributed by atoms with Crippen molar-refractivity contribution >= 4 is 27.5 Å². The van der Waals surface area contributed by atoms with Crippen molar-refractivity contribution in [2.45, 2.75) is 75.5 Å². The van der Waals surface area contributed by atoms with Gasteiger partial charge in [-0.3, -0.25) is 4.90 Å². The third-order valence-corrected chi connectivity index (χ3v) is 12.0. The maximum absolute atomic E-state index is 17.0. The van der Waals surface area contributed by atoms with Crippen molar-refractivity contribution in [1.82, 2.24) is 20.2 Å². The van der Waals surface area contributed by atoms with Gasteiger partial charge < -0.3 is 25.8 Å². The molecule has 4 atom stereocenters. The van der Waals surface area contributed by atoms with Gasteiger partial charge in [0.2, 0.25) is 0 Å². The maximum atomic E-state index is 17.0. The van der Waals surface area contributed by atoms with Crippen LogP contribution < -0.4 is 20.7 Å². The van der Waals surface area contributed by atoms with Crippen LogP contribution in [0.5, 0.6) is 11.8 Å². The summed E-state index contributed by atoms with van der Waals surface area (Å²) in [7, 11) is 0. The number of halogens is 2. The number of phenols is 1. The van der Waals surface area contributed by atoms with Crippen LogP contribution in [0.25, 0.3) is 32.8 Å². The molecule has 0 radical (unpaired) electrons. The number of rotatable bonds is 8. The van der Waals surface area contributed by atoms with Crippen LogP contribution in [0.15, 0.2) is 36.4 Å². The normalized spacial score (nSPS) is 27.1. The standard InChI is InChI=1S/C39H42F2N6O2/c1-2-23-4-3-5-24-14-29(48)15-30(33(23)24)34-32(40)16-31-36(35(34)41)44-38(45-37(31)46-18-25-6-7-26(19-46)43-25)49-21-39(10-11-39)20-47-27-8-9-28(47)13-22(12-27)17-42/h1,3-5,14-16,22,25-28,43,48H,6-13,17-21,42H2. The first-order valence-electron chi connectivity index (χ1n) is 17.8. The number of aromatic nitrogens is 2. The Kier molecular flexibility index (Phi) is 7.45. The highest BCUT2D eigenvalue weighted by Gasteiger charge is 2.50. The second-order valence-corrected chi connectivity index (χ2v) is 15.3. The second kappa shape index (κ2) is 11.8. The van der Waals surface area contributed by atoms with E-state index in [0.29, 0.717) is 65.2 Å². The third-order valence-electron chi connectivity index (χ3n) is 12.0. The first-order chi connectivity index (χ1) is 23.8. The molecular formula is C39H42F2N6O2. The number of piperidine rings is 1. The fourth-order valence-electron chi connectivity index (χ4n) is 9.38. The number of terminal acetylenes is 1. The summed E-state index contributed by atoms with van der Waals surface area (Å²) < 4.78 is 39.7. The van der Waals surface area contributed by atoms with E-state index in [1.165, 1.54) is 37.8 Å². The zero-order chi connectivity index (χ0) is 33.4. The summed E-state index contributed by atoms with van der Waals surface area (Å²) in [5.41, 5.74) is 6.42. The molecule has 3 aromatic carbocycles. The highest BCUT2D eigenvalue weighted by atomic mass is 19.1. The van der Waals surface area contributed by atoms with E-state index in [9.17, 15) is 5.11 Å². The van der Waals surface area contributed by atoms with Crippen molar-refractivity contribution in [1.29, 1.82) is 0 Å². The van der Waals surface area contributed by atoms with Gasteiger partial charge in [0.15, 0.2) is 5.82 Å². The topological polar surface area (TPSA) is 99.8 Å². The highest BCUT2D eigenvalue weighted by molar-refractivity contribution is 6.04. The van der Waals surface area contributed by atoms with Gasteiger partial charge in [0.25, 0.3) is 0 Å². The summed E-state index contributed by atoms with van der Waals surface area (Å²) in [5.74, 6) is 2.02. The largest absolute Gasteiger partial charge is 0.508 e. The lowest BCUT2D eigenvalue weighted by Gasteiger charge is -2.40. The highest BCUT2D eigenvalue weighted by Crippen LogP contribution is 2.50. The Morgan fingerprint density at radius 3 is 2.49 bits per heavy atom. The predicted molar refractivity (Wildman–Crippen MR) is 187 cm³/mol. The van der Waals surface area contributed by atoms with Crippen LogP contribution in [0.1, 0.15) is 56.9 Å². The Bertz CT molecular complexity index is 1980. The zero-order valence-corrected chi connectivity index (χ0v) is 27.6. The van der Waals surface area contributed by atoms with Gasteiger partial charge in [-0.1, -0.05) is 18.1 Å². The molecule has 10 heteroatoms. The van der Waals surface area contributed by atoms with Crippen molar-refractivity contribution < 1.29 is 18.6 Å². The fraction of sp³-hybridized carbons (Fsp3) is 0.487. The second-order valence-electron chi connectivity index (χ2n) is 15.3. The van der Waals surface area contributed by atoms with Crippen LogP contribution in [-0.2, 0) is 0 Å². The quantitative estimate of drug-likeness (QED) is 0.206. The molecule has 1 aromatic heterocycles. The number of hydrogen-bond acceptors (Lipinski definition) is 8.